The molecule has 0 saturated heterocycles. The molecule has 6 heteroatoms. The summed E-state index contributed by atoms with van der Waals surface area (Å²) in [5.41, 5.74) is 8.68. The van der Waals surface area contributed by atoms with Gasteiger partial charge in [-0.05, 0) is 43.3 Å². The number of rotatable bonds is 6. The van der Waals surface area contributed by atoms with Gasteiger partial charge < -0.3 is 4.74 Å². The number of hydrogen-bond donors (Lipinski definition) is 1. The number of nitrogens with two attached hydrogens (primary N) is 1. The van der Waals surface area contributed by atoms with Crippen molar-refractivity contribution in [2.24, 2.45) is 7.05 Å². The molecule has 3 aromatic rings. The highest BCUT2D eigenvalue weighted by molar-refractivity contribution is 6.30. The Morgan fingerprint density at radius 3 is 2.62 bits per heavy atom. The SMILES string of the molecule is CCOc1ccc(-c2c[n+](CC(=O)c3cccc(Cl)c3)c(N)n2C)cc1. The van der Waals surface area contributed by atoms with Gasteiger partial charge in [0.05, 0.1) is 13.7 Å². The van der Waals surface area contributed by atoms with Crippen LogP contribution < -0.4 is 15.0 Å². The van der Waals surface area contributed by atoms with Crippen molar-refractivity contribution in [3.63, 3.8) is 0 Å². The van der Waals surface area contributed by atoms with Crippen LogP contribution in [-0.2, 0) is 13.6 Å². The summed E-state index contributed by atoms with van der Waals surface area (Å²) in [6.45, 7) is 2.73. The van der Waals surface area contributed by atoms with Crippen LogP contribution in [0.5, 0.6) is 5.75 Å². The van der Waals surface area contributed by atoms with E-state index in [1.807, 2.05) is 49.0 Å². The zero-order valence-electron chi connectivity index (χ0n) is 14.8. The summed E-state index contributed by atoms with van der Waals surface area (Å²) in [5, 5.41) is 0.539. The summed E-state index contributed by atoms with van der Waals surface area (Å²) in [7, 11) is 1.88. The molecule has 2 N–H and O–H groups in total. The molecule has 3 rings (SSSR count). The third-order valence-electron chi connectivity index (χ3n) is 4.20. The molecule has 1 aromatic heterocycles. The van der Waals surface area contributed by atoms with Gasteiger partial charge in [0.15, 0.2) is 5.78 Å². The van der Waals surface area contributed by atoms with Gasteiger partial charge in [-0.3, -0.25) is 10.5 Å². The van der Waals surface area contributed by atoms with E-state index in [0.29, 0.717) is 23.1 Å². The molecule has 1 heterocycles. The van der Waals surface area contributed by atoms with Crippen LogP contribution >= 0.6 is 11.6 Å². The minimum atomic E-state index is -0.0481. The van der Waals surface area contributed by atoms with Crippen molar-refractivity contribution >= 4 is 23.3 Å². The number of nitrogens with zero attached hydrogens (tertiary/aromatic N) is 2. The van der Waals surface area contributed by atoms with E-state index < -0.39 is 0 Å². The third-order valence-corrected chi connectivity index (χ3v) is 4.43. The molecule has 0 fully saturated rings. The van der Waals surface area contributed by atoms with Gasteiger partial charge >= 0.3 is 5.95 Å². The lowest BCUT2D eigenvalue weighted by Gasteiger charge is -2.03. The molecule has 5 nitrogen and oxygen atoms in total. The van der Waals surface area contributed by atoms with Gasteiger partial charge in [-0.2, -0.15) is 0 Å². The van der Waals surface area contributed by atoms with Crippen LogP contribution in [0.25, 0.3) is 11.3 Å². The summed E-state index contributed by atoms with van der Waals surface area (Å²) >= 11 is 5.97. The van der Waals surface area contributed by atoms with Gasteiger partial charge in [-0.1, -0.05) is 23.7 Å². The fourth-order valence-corrected chi connectivity index (χ4v) is 3.00. The second-order valence-corrected chi connectivity index (χ2v) is 6.39. The molecule has 0 atom stereocenters. The lowest BCUT2D eigenvalue weighted by atomic mass is 10.1. The van der Waals surface area contributed by atoms with Crippen molar-refractivity contribution in [3.8, 4) is 17.0 Å². The van der Waals surface area contributed by atoms with Crippen LogP contribution in [0, 0.1) is 0 Å². The summed E-state index contributed by atoms with van der Waals surface area (Å²) in [6, 6.07) is 14.7. The van der Waals surface area contributed by atoms with Crippen LogP contribution in [-0.4, -0.2) is 17.0 Å². The second-order valence-electron chi connectivity index (χ2n) is 5.95. The van der Waals surface area contributed by atoms with Crippen LogP contribution in [0.4, 0.5) is 5.95 Å². The highest BCUT2D eigenvalue weighted by Gasteiger charge is 2.20. The molecule has 0 saturated carbocycles. The zero-order valence-corrected chi connectivity index (χ0v) is 15.5. The fraction of sp³-hybridized carbons (Fsp3) is 0.200. The maximum absolute atomic E-state index is 12.5. The largest absolute Gasteiger partial charge is 0.494 e. The minimum absolute atomic E-state index is 0.0481. The van der Waals surface area contributed by atoms with Crippen LogP contribution in [0.3, 0.4) is 0 Å². The molecule has 0 aliphatic rings. The van der Waals surface area contributed by atoms with Crippen LogP contribution in [0.1, 0.15) is 17.3 Å². The molecule has 26 heavy (non-hydrogen) atoms. The number of carbonyl (C=O) groups is 1. The third kappa shape index (κ3) is 3.73. The first-order chi connectivity index (χ1) is 12.5. The van der Waals surface area contributed by atoms with Crippen molar-refractivity contribution in [3.05, 3.63) is 65.3 Å². The van der Waals surface area contributed by atoms with Crippen LogP contribution in [0.15, 0.2) is 54.7 Å². The maximum atomic E-state index is 12.5. The van der Waals surface area contributed by atoms with Crippen molar-refractivity contribution in [1.82, 2.24) is 4.57 Å². The van der Waals surface area contributed by atoms with Crippen LogP contribution in [0.2, 0.25) is 5.02 Å². The highest BCUT2D eigenvalue weighted by Crippen LogP contribution is 2.23. The lowest BCUT2D eigenvalue weighted by Crippen LogP contribution is -2.39. The van der Waals surface area contributed by atoms with Crippen molar-refractivity contribution in [2.45, 2.75) is 13.5 Å². The normalized spacial score (nSPS) is 10.7. The molecule has 0 amide bonds. The van der Waals surface area contributed by atoms with E-state index in [1.165, 1.54) is 0 Å². The molecular weight excluding hydrogens is 350 g/mol. The van der Waals surface area contributed by atoms with E-state index >= 15 is 0 Å². The van der Waals surface area contributed by atoms with E-state index in [1.54, 1.807) is 28.8 Å². The molecule has 0 aliphatic heterocycles. The summed E-state index contributed by atoms with van der Waals surface area (Å²) in [6.07, 6.45) is 1.88. The van der Waals surface area contributed by atoms with Gasteiger partial charge in [0.1, 0.15) is 24.2 Å². The lowest BCUT2D eigenvalue weighted by molar-refractivity contribution is -0.667. The van der Waals surface area contributed by atoms with Crippen molar-refractivity contribution < 1.29 is 14.1 Å². The predicted molar refractivity (Wildman–Crippen MR) is 102 cm³/mol. The Balaban J connectivity index is 1.86. The average Bonchev–Trinajstić information content (AvgIpc) is 2.91. The Morgan fingerprint density at radius 1 is 1.23 bits per heavy atom. The quantitative estimate of drug-likeness (QED) is 0.533. The molecule has 2 aromatic carbocycles. The topological polar surface area (TPSA) is 61.1 Å². The molecule has 0 radical (unpaired) electrons. The Kier molecular flexibility index (Phi) is 5.28. The number of halogens is 1. The molecular formula is C20H21ClN3O2+. The average molecular weight is 371 g/mol. The number of carbonyl (C=O) groups excluding carboxylic acids is 1. The number of ether oxygens (including phenoxy) is 1. The number of aromatic nitrogens is 2. The Morgan fingerprint density at radius 2 is 1.96 bits per heavy atom. The summed E-state index contributed by atoms with van der Waals surface area (Å²) in [4.78, 5) is 12.5. The first kappa shape index (κ1) is 18.0. The maximum Gasteiger partial charge on any atom is 0.355 e. The zero-order chi connectivity index (χ0) is 18.7. The Hall–Kier alpha value is -2.79. The first-order valence-electron chi connectivity index (χ1n) is 8.36. The van der Waals surface area contributed by atoms with E-state index in [9.17, 15) is 4.79 Å². The highest BCUT2D eigenvalue weighted by atomic mass is 35.5. The first-order valence-corrected chi connectivity index (χ1v) is 8.74. The van der Waals surface area contributed by atoms with Crippen molar-refractivity contribution in [2.75, 3.05) is 12.3 Å². The second kappa shape index (κ2) is 7.62. The van der Waals surface area contributed by atoms with E-state index in [2.05, 4.69) is 0 Å². The van der Waals surface area contributed by atoms with Gasteiger partial charge in [0, 0.05) is 16.1 Å². The smallest absolute Gasteiger partial charge is 0.355 e. The number of anilines is 1. The van der Waals surface area contributed by atoms with E-state index in [-0.39, 0.29) is 12.3 Å². The molecule has 0 unspecified atom stereocenters. The number of hydrogen-bond acceptors (Lipinski definition) is 3. The number of ketones is 1. The van der Waals surface area contributed by atoms with E-state index in [0.717, 1.165) is 17.0 Å². The Labute approximate surface area is 157 Å². The Bertz CT molecular complexity index is 933. The predicted octanol–water partition coefficient (Wildman–Crippen LogP) is 3.50. The molecule has 0 bridgehead atoms. The number of Topliss-reactive ketones (excluding diaryl/α,β-unsaturated/α-hetero) is 1. The number of nitrogen functional groups attached to an aromatic ring is 1. The molecule has 134 valence electrons. The van der Waals surface area contributed by atoms with Crippen molar-refractivity contribution in [1.29, 1.82) is 0 Å². The minimum Gasteiger partial charge on any atom is -0.494 e. The number of benzene rings is 2. The van der Waals surface area contributed by atoms with Gasteiger partial charge in [0.2, 0.25) is 0 Å². The number of imidazole rings is 1. The van der Waals surface area contributed by atoms with Gasteiger partial charge in [-0.15, -0.1) is 0 Å². The molecule has 0 spiro atoms. The monoisotopic (exact) mass is 370 g/mol. The van der Waals surface area contributed by atoms with Gasteiger partial charge in [0.25, 0.3) is 0 Å². The summed E-state index contributed by atoms with van der Waals surface area (Å²) in [5.74, 6) is 1.28. The summed E-state index contributed by atoms with van der Waals surface area (Å²) < 4.78 is 9.08. The molecule has 0 aliphatic carbocycles. The van der Waals surface area contributed by atoms with E-state index in [4.69, 9.17) is 22.1 Å². The fourth-order valence-electron chi connectivity index (χ4n) is 2.81. The standard InChI is InChI=1S/C20H20ClN3O2/c1-3-26-17-9-7-14(8-10-17)18-12-24(20(22)23(18)2)13-19(25)15-5-4-6-16(21)11-15/h4-12,22H,3,13H2,1-2H3/p+1. The van der Waals surface area contributed by atoms with Gasteiger partial charge in [-0.25, -0.2) is 9.13 Å².